The Balaban J connectivity index is 1.63. The van der Waals surface area contributed by atoms with Crippen molar-refractivity contribution in [2.24, 2.45) is 0 Å². The highest BCUT2D eigenvalue weighted by Crippen LogP contribution is 2.27. The van der Waals surface area contributed by atoms with E-state index in [1.807, 2.05) is 0 Å². The van der Waals surface area contributed by atoms with E-state index in [2.05, 4.69) is 10.3 Å². The minimum Gasteiger partial charge on any atom is -0.496 e. The number of carbonyl (C=O) groups is 1. The maximum Gasteiger partial charge on any atom is 0.259 e. The molecule has 0 fully saturated rings. The Morgan fingerprint density at radius 2 is 1.93 bits per heavy atom. The van der Waals surface area contributed by atoms with E-state index in [-0.39, 0.29) is 11.7 Å². The molecule has 0 saturated carbocycles. The van der Waals surface area contributed by atoms with E-state index in [1.54, 1.807) is 54.6 Å². The van der Waals surface area contributed by atoms with Crippen LogP contribution in [0.15, 0.2) is 71.1 Å². The smallest absolute Gasteiger partial charge is 0.259 e. The van der Waals surface area contributed by atoms with Crippen molar-refractivity contribution in [1.29, 1.82) is 0 Å². The number of aromatic nitrogens is 1. The van der Waals surface area contributed by atoms with Gasteiger partial charge in [0.05, 0.1) is 12.7 Å². The molecule has 0 aliphatic carbocycles. The Hall–Kier alpha value is -3.67. The summed E-state index contributed by atoms with van der Waals surface area (Å²) in [5.74, 6) is 0.156. The number of benzene rings is 3. The molecule has 0 spiro atoms. The molecule has 3 aromatic carbocycles. The molecule has 1 N–H and O–H groups in total. The van der Waals surface area contributed by atoms with Gasteiger partial charge in [0.15, 0.2) is 5.58 Å². The average Bonchev–Trinajstić information content (AvgIpc) is 3.11. The molecular weight excluding hydrogens is 347 g/mol. The highest BCUT2D eigenvalue weighted by molar-refractivity contribution is 6.06. The molecule has 4 rings (SSSR count). The molecule has 0 atom stereocenters. The zero-order chi connectivity index (χ0) is 18.8. The zero-order valence-electron chi connectivity index (χ0n) is 14.4. The summed E-state index contributed by atoms with van der Waals surface area (Å²) >= 11 is 0. The second kappa shape index (κ2) is 6.92. The number of hydrogen-bond acceptors (Lipinski definition) is 4. The van der Waals surface area contributed by atoms with Gasteiger partial charge in [0.25, 0.3) is 5.91 Å². The van der Waals surface area contributed by atoms with Gasteiger partial charge in [-0.3, -0.25) is 4.79 Å². The molecule has 0 aliphatic heterocycles. The lowest BCUT2D eigenvalue weighted by Crippen LogP contribution is -2.13. The van der Waals surface area contributed by atoms with Crippen molar-refractivity contribution in [2.45, 2.75) is 0 Å². The fourth-order valence-corrected chi connectivity index (χ4v) is 2.78. The van der Waals surface area contributed by atoms with Gasteiger partial charge in [0, 0.05) is 11.3 Å². The summed E-state index contributed by atoms with van der Waals surface area (Å²) < 4.78 is 24.3. The Kier molecular flexibility index (Phi) is 4.30. The number of anilines is 1. The van der Waals surface area contributed by atoms with Crippen molar-refractivity contribution in [2.75, 3.05) is 12.4 Å². The zero-order valence-corrected chi connectivity index (χ0v) is 14.4. The monoisotopic (exact) mass is 362 g/mol. The topological polar surface area (TPSA) is 64.4 Å². The molecule has 4 aromatic rings. The second-order valence-corrected chi connectivity index (χ2v) is 5.87. The van der Waals surface area contributed by atoms with Crippen molar-refractivity contribution >= 4 is 22.7 Å². The number of amides is 1. The van der Waals surface area contributed by atoms with Crippen LogP contribution in [0.3, 0.4) is 0 Å². The summed E-state index contributed by atoms with van der Waals surface area (Å²) in [6.45, 7) is 0. The van der Waals surface area contributed by atoms with Crippen molar-refractivity contribution in [3.8, 4) is 17.2 Å². The standard InChI is InChI=1S/C21H15FN2O3/c1-26-18-8-3-2-7-16(18)20(25)23-15-9-10-19-17(12-15)24-21(27-19)13-5-4-6-14(22)11-13/h2-12H,1H3,(H,23,25). The minimum absolute atomic E-state index is 0.291. The number of hydrogen-bond donors (Lipinski definition) is 1. The van der Waals surface area contributed by atoms with Crippen LogP contribution in [0.1, 0.15) is 10.4 Å². The van der Waals surface area contributed by atoms with Crippen molar-refractivity contribution in [1.82, 2.24) is 4.98 Å². The Morgan fingerprint density at radius 1 is 1.07 bits per heavy atom. The summed E-state index contributed by atoms with van der Waals surface area (Å²) in [7, 11) is 1.52. The minimum atomic E-state index is -0.362. The molecule has 6 heteroatoms. The lowest BCUT2D eigenvalue weighted by Gasteiger charge is -2.08. The summed E-state index contributed by atoms with van der Waals surface area (Å²) in [5, 5.41) is 2.82. The lowest BCUT2D eigenvalue weighted by molar-refractivity contribution is 0.102. The van der Waals surface area contributed by atoms with Crippen LogP contribution < -0.4 is 10.1 Å². The predicted molar refractivity (Wildman–Crippen MR) is 100 cm³/mol. The van der Waals surface area contributed by atoms with E-state index in [0.717, 1.165) is 0 Å². The Labute approximate surface area is 154 Å². The van der Waals surface area contributed by atoms with Gasteiger partial charge >= 0.3 is 0 Å². The first kappa shape index (κ1) is 16.8. The number of nitrogens with one attached hydrogen (secondary N) is 1. The first-order valence-electron chi connectivity index (χ1n) is 8.25. The highest BCUT2D eigenvalue weighted by atomic mass is 19.1. The van der Waals surface area contributed by atoms with Crippen LogP contribution in [-0.4, -0.2) is 18.0 Å². The van der Waals surface area contributed by atoms with E-state index in [4.69, 9.17) is 9.15 Å². The molecule has 1 heterocycles. The molecule has 0 saturated heterocycles. The molecular formula is C21H15FN2O3. The van der Waals surface area contributed by atoms with Gasteiger partial charge < -0.3 is 14.5 Å². The summed E-state index contributed by atoms with van der Waals surface area (Å²) in [4.78, 5) is 16.9. The number of oxazole rings is 1. The van der Waals surface area contributed by atoms with Gasteiger partial charge in [-0.15, -0.1) is 0 Å². The van der Waals surface area contributed by atoms with Gasteiger partial charge in [0.1, 0.15) is 17.1 Å². The third-order valence-corrected chi connectivity index (χ3v) is 4.07. The predicted octanol–water partition coefficient (Wildman–Crippen LogP) is 4.89. The number of methoxy groups -OCH3 is 1. The highest BCUT2D eigenvalue weighted by Gasteiger charge is 2.13. The van der Waals surface area contributed by atoms with Crippen LogP contribution in [0, 0.1) is 5.82 Å². The molecule has 134 valence electrons. The summed E-state index contributed by atoms with van der Waals surface area (Å²) in [6, 6.07) is 18.1. The maximum atomic E-state index is 13.4. The first-order valence-corrected chi connectivity index (χ1v) is 8.25. The van der Waals surface area contributed by atoms with Crippen LogP contribution in [0.2, 0.25) is 0 Å². The number of halogens is 1. The largest absolute Gasteiger partial charge is 0.496 e. The SMILES string of the molecule is COc1ccccc1C(=O)Nc1ccc2oc(-c3cccc(F)c3)nc2c1. The third-order valence-electron chi connectivity index (χ3n) is 4.07. The fourth-order valence-electron chi connectivity index (χ4n) is 2.78. The maximum absolute atomic E-state index is 13.4. The Bertz CT molecular complexity index is 1140. The van der Waals surface area contributed by atoms with E-state index in [0.29, 0.717) is 39.6 Å². The van der Waals surface area contributed by atoms with E-state index in [1.165, 1.54) is 19.2 Å². The molecule has 27 heavy (non-hydrogen) atoms. The number of nitrogens with zero attached hydrogens (tertiary/aromatic N) is 1. The second-order valence-electron chi connectivity index (χ2n) is 5.87. The Morgan fingerprint density at radius 3 is 2.74 bits per heavy atom. The summed E-state index contributed by atoms with van der Waals surface area (Å²) in [5.41, 5.74) is 2.65. The number of rotatable bonds is 4. The first-order chi connectivity index (χ1) is 13.1. The number of fused-ring (bicyclic) bond motifs is 1. The van der Waals surface area contributed by atoms with E-state index in [9.17, 15) is 9.18 Å². The van der Waals surface area contributed by atoms with Crippen molar-refractivity contribution in [3.63, 3.8) is 0 Å². The van der Waals surface area contributed by atoms with E-state index < -0.39 is 0 Å². The normalized spacial score (nSPS) is 10.7. The quantitative estimate of drug-likeness (QED) is 0.561. The van der Waals surface area contributed by atoms with Gasteiger partial charge in [-0.2, -0.15) is 0 Å². The number of ether oxygens (including phenoxy) is 1. The molecule has 0 unspecified atom stereocenters. The van der Waals surface area contributed by atoms with Gasteiger partial charge in [0.2, 0.25) is 5.89 Å². The van der Waals surface area contributed by atoms with Crippen LogP contribution >= 0.6 is 0 Å². The lowest BCUT2D eigenvalue weighted by atomic mass is 10.2. The van der Waals surface area contributed by atoms with Crippen LogP contribution in [-0.2, 0) is 0 Å². The molecule has 1 amide bonds. The number of carbonyl (C=O) groups excluding carboxylic acids is 1. The van der Waals surface area contributed by atoms with Crippen LogP contribution in [0.5, 0.6) is 5.75 Å². The van der Waals surface area contributed by atoms with Crippen molar-refractivity contribution in [3.05, 3.63) is 78.1 Å². The van der Waals surface area contributed by atoms with Gasteiger partial charge in [-0.25, -0.2) is 9.37 Å². The van der Waals surface area contributed by atoms with Crippen LogP contribution in [0.25, 0.3) is 22.6 Å². The molecule has 5 nitrogen and oxygen atoms in total. The molecule has 0 aliphatic rings. The third kappa shape index (κ3) is 3.37. The molecule has 1 aromatic heterocycles. The van der Waals surface area contributed by atoms with Crippen LogP contribution in [0.4, 0.5) is 10.1 Å². The average molecular weight is 362 g/mol. The van der Waals surface area contributed by atoms with E-state index >= 15 is 0 Å². The van der Waals surface area contributed by atoms with Gasteiger partial charge in [-0.05, 0) is 48.5 Å². The van der Waals surface area contributed by atoms with Crippen molar-refractivity contribution < 1.29 is 18.3 Å². The fraction of sp³-hybridized carbons (Fsp3) is 0.0476. The van der Waals surface area contributed by atoms with Gasteiger partial charge in [-0.1, -0.05) is 18.2 Å². The molecule has 0 bridgehead atoms. The number of para-hydroxylation sites is 1. The summed E-state index contributed by atoms with van der Waals surface area (Å²) in [6.07, 6.45) is 0. The molecule has 0 radical (unpaired) electrons.